The van der Waals surface area contributed by atoms with Crippen LogP contribution in [-0.4, -0.2) is 22.0 Å². The Balaban J connectivity index is 1.91. The van der Waals surface area contributed by atoms with Crippen molar-refractivity contribution in [3.63, 3.8) is 0 Å². The number of nitrogens with zero attached hydrogens (tertiary/aromatic N) is 1. The van der Waals surface area contributed by atoms with Crippen LogP contribution in [0.3, 0.4) is 0 Å². The van der Waals surface area contributed by atoms with Crippen molar-refractivity contribution in [2.24, 2.45) is 11.7 Å². The van der Waals surface area contributed by atoms with E-state index in [9.17, 15) is 9.90 Å². The number of phenolic OH excluding ortho intramolecular Hbond substituents is 1. The SMILES string of the molecule is CC(C)CCC(C)NC(=O)c1coc(C(N)Cc2ccc(O)cc2)n1. The average Bonchev–Trinajstić information content (AvgIpc) is 3.05. The van der Waals surface area contributed by atoms with Gasteiger partial charge in [0.1, 0.15) is 12.0 Å². The molecule has 2 unspecified atom stereocenters. The monoisotopic (exact) mass is 345 g/mol. The first-order valence-electron chi connectivity index (χ1n) is 8.65. The van der Waals surface area contributed by atoms with Gasteiger partial charge in [0.15, 0.2) is 5.69 Å². The van der Waals surface area contributed by atoms with Crippen molar-refractivity contribution in [1.82, 2.24) is 10.3 Å². The Kier molecular flexibility index (Phi) is 6.58. The number of nitrogens with two attached hydrogens (primary N) is 1. The molecule has 2 rings (SSSR count). The first-order valence-corrected chi connectivity index (χ1v) is 8.65. The minimum atomic E-state index is -0.454. The van der Waals surface area contributed by atoms with Crippen molar-refractivity contribution in [1.29, 1.82) is 0 Å². The number of hydrogen-bond acceptors (Lipinski definition) is 5. The van der Waals surface area contributed by atoms with E-state index < -0.39 is 6.04 Å². The second-order valence-electron chi connectivity index (χ2n) is 6.89. The normalized spacial score (nSPS) is 13.6. The van der Waals surface area contributed by atoms with Gasteiger partial charge in [0.2, 0.25) is 5.89 Å². The standard InChI is InChI=1S/C19H27N3O3/c1-12(2)4-5-13(3)21-18(24)17-11-25-19(22-17)16(20)10-14-6-8-15(23)9-7-14/h6-9,11-13,16,23H,4-5,10,20H2,1-3H3,(H,21,24). The highest BCUT2D eigenvalue weighted by atomic mass is 16.3. The topological polar surface area (TPSA) is 101 Å². The molecule has 0 saturated carbocycles. The first kappa shape index (κ1) is 19.0. The van der Waals surface area contributed by atoms with Crippen molar-refractivity contribution < 1.29 is 14.3 Å². The molecule has 1 amide bonds. The molecule has 25 heavy (non-hydrogen) atoms. The maximum atomic E-state index is 12.2. The molecule has 0 saturated heterocycles. The van der Waals surface area contributed by atoms with Crippen LogP contribution in [-0.2, 0) is 6.42 Å². The number of hydrogen-bond donors (Lipinski definition) is 3. The highest BCUT2D eigenvalue weighted by molar-refractivity contribution is 5.92. The van der Waals surface area contributed by atoms with Crippen molar-refractivity contribution in [2.75, 3.05) is 0 Å². The van der Waals surface area contributed by atoms with Gasteiger partial charge in [-0.05, 0) is 49.8 Å². The number of carbonyl (C=O) groups is 1. The summed E-state index contributed by atoms with van der Waals surface area (Å²) >= 11 is 0. The Labute approximate surface area is 148 Å². The molecule has 1 aromatic heterocycles. The lowest BCUT2D eigenvalue weighted by molar-refractivity contribution is 0.0932. The molecule has 0 aliphatic heterocycles. The van der Waals surface area contributed by atoms with Gasteiger partial charge in [0.25, 0.3) is 5.91 Å². The summed E-state index contributed by atoms with van der Waals surface area (Å²) in [4.78, 5) is 16.4. The molecule has 1 aromatic carbocycles. The number of phenols is 1. The highest BCUT2D eigenvalue weighted by Gasteiger charge is 2.18. The number of amides is 1. The Hall–Kier alpha value is -2.34. The summed E-state index contributed by atoms with van der Waals surface area (Å²) in [7, 11) is 0. The van der Waals surface area contributed by atoms with Gasteiger partial charge in [-0.1, -0.05) is 26.0 Å². The number of oxazole rings is 1. The van der Waals surface area contributed by atoms with Crippen LogP contribution in [0.4, 0.5) is 0 Å². The third kappa shape index (κ3) is 5.90. The van der Waals surface area contributed by atoms with E-state index in [1.807, 2.05) is 6.92 Å². The third-order valence-electron chi connectivity index (χ3n) is 4.02. The van der Waals surface area contributed by atoms with E-state index in [-0.39, 0.29) is 23.4 Å². The lowest BCUT2D eigenvalue weighted by atomic mass is 10.0. The maximum absolute atomic E-state index is 12.2. The van der Waals surface area contributed by atoms with E-state index in [2.05, 4.69) is 24.1 Å². The van der Waals surface area contributed by atoms with Crippen LogP contribution in [0, 0.1) is 5.92 Å². The molecule has 136 valence electrons. The molecule has 0 spiro atoms. The third-order valence-corrected chi connectivity index (χ3v) is 4.02. The average molecular weight is 345 g/mol. The van der Waals surface area contributed by atoms with Gasteiger partial charge >= 0.3 is 0 Å². The fourth-order valence-corrected chi connectivity index (χ4v) is 2.49. The second-order valence-corrected chi connectivity index (χ2v) is 6.89. The van der Waals surface area contributed by atoms with Gasteiger partial charge in [0.05, 0.1) is 6.04 Å². The molecular weight excluding hydrogens is 318 g/mol. The highest BCUT2D eigenvalue weighted by Crippen LogP contribution is 2.18. The molecule has 1 heterocycles. The minimum Gasteiger partial charge on any atom is -0.508 e. The van der Waals surface area contributed by atoms with E-state index in [1.54, 1.807) is 24.3 Å². The smallest absolute Gasteiger partial charge is 0.273 e. The molecule has 2 aromatic rings. The van der Waals surface area contributed by atoms with Crippen LogP contribution in [0.2, 0.25) is 0 Å². The van der Waals surface area contributed by atoms with E-state index in [1.165, 1.54) is 6.26 Å². The maximum Gasteiger partial charge on any atom is 0.273 e. The number of aromatic hydroxyl groups is 1. The van der Waals surface area contributed by atoms with Crippen LogP contribution >= 0.6 is 0 Å². The summed E-state index contributed by atoms with van der Waals surface area (Å²) in [6.45, 7) is 6.31. The molecular formula is C19H27N3O3. The van der Waals surface area contributed by atoms with E-state index >= 15 is 0 Å². The summed E-state index contributed by atoms with van der Waals surface area (Å²) in [5.41, 5.74) is 7.31. The molecule has 0 bridgehead atoms. The second kappa shape index (κ2) is 8.67. The number of carbonyl (C=O) groups excluding carboxylic acids is 1. The number of benzene rings is 1. The number of aromatic nitrogens is 1. The zero-order chi connectivity index (χ0) is 18.4. The van der Waals surface area contributed by atoms with Crippen molar-refractivity contribution in [2.45, 2.75) is 52.1 Å². The van der Waals surface area contributed by atoms with E-state index in [0.29, 0.717) is 18.2 Å². The molecule has 4 N–H and O–H groups in total. The van der Waals surface area contributed by atoms with Crippen molar-refractivity contribution in [3.05, 3.63) is 47.7 Å². The van der Waals surface area contributed by atoms with Gasteiger partial charge in [-0.2, -0.15) is 0 Å². The van der Waals surface area contributed by atoms with Crippen LogP contribution in [0.15, 0.2) is 34.9 Å². The van der Waals surface area contributed by atoms with E-state index in [4.69, 9.17) is 10.2 Å². The van der Waals surface area contributed by atoms with Gasteiger partial charge in [-0.15, -0.1) is 0 Å². The summed E-state index contributed by atoms with van der Waals surface area (Å²) in [5, 5.41) is 12.2. The fourth-order valence-electron chi connectivity index (χ4n) is 2.49. The molecule has 0 radical (unpaired) electrons. The summed E-state index contributed by atoms with van der Waals surface area (Å²) in [6, 6.07) is 6.43. The van der Waals surface area contributed by atoms with Gasteiger partial charge in [0, 0.05) is 6.04 Å². The predicted octanol–water partition coefficient (Wildman–Crippen LogP) is 3.18. The summed E-state index contributed by atoms with van der Waals surface area (Å²) < 4.78 is 5.38. The van der Waals surface area contributed by atoms with Crippen LogP contribution in [0.1, 0.15) is 61.6 Å². The quantitative estimate of drug-likeness (QED) is 0.682. The van der Waals surface area contributed by atoms with Crippen LogP contribution < -0.4 is 11.1 Å². The largest absolute Gasteiger partial charge is 0.508 e. The Morgan fingerprint density at radius 2 is 1.92 bits per heavy atom. The van der Waals surface area contributed by atoms with Gasteiger partial charge in [-0.3, -0.25) is 4.79 Å². The molecule has 2 atom stereocenters. The Bertz CT molecular complexity index is 679. The van der Waals surface area contributed by atoms with Crippen molar-refractivity contribution >= 4 is 5.91 Å². The molecule has 0 aliphatic carbocycles. The predicted molar refractivity (Wildman–Crippen MR) is 96.2 cm³/mol. The zero-order valence-electron chi connectivity index (χ0n) is 15.0. The molecule has 0 aliphatic rings. The Morgan fingerprint density at radius 1 is 1.24 bits per heavy atom. The van der Waals surface area contributed by atoms with Gasteiger partial charge < -0.3 is 20.6 Å². The molecule has 0 fully saturated rings. The van der Waals surface area contributed by atoms with Gasteiger partial charge in [-0.25, -0.2) is 4.98 Å². The Morgan fingerprint density at radius 3 is 2.56 bits per heavy atom. The molecule has 6 nitrogen and oxygen atoms in total. The first-order chi connectivity index (χ1) is 11.8. The minimum absolute atomic E-state index is 0.0840. The number of rotatable bonds is 8. The lowest BCUT2D eigenvalue weighted by Gasteiger charge is -2.13. The van der Waals surface area contributed by atoms with Crippen LogP contribution in [0.25, 0.3) is 0 Å². The summed E-state index contributed by atoms with van der Waals surface area (Å²) in [6.07, 6.45) is 3.83. The summed E-state index contributed by atoms with van der Waals surface area (Å²) in [5.74, 6) is 0.894. The van der Waals surface area contributed by atoms with Crippen LogP contribution in [0.5, 0.6) is 5.75 Å². The number of nitrogens with one attached hydrogen (secondary N) is 1. The van der Waals surface area contributed by atoms with Crippen molar-refractivity contribution in [3.8, 4) is 5.75 Å². The van der Waals surface area contributed by atoms with E-state index in [0.717, 1.165) is 18.4 Å². The fraction of sp³-hybridized carbons (Fsp3) is 0.474. The molecule has 6 heteroatoms. The lowest BCUT2D eigenvalue weighted by Crippen LogP contribution is -2.33. The zero-order valence-corrected chi connectivity index (χ0v) is 15.0.